The van der Waals surface area contributed by atoms with Crippen molar-refractivity contribution < 1.29 is 14.3 Å². The highest BCUT2D eigenvalue weighted by molar-refractivity contribution is 7.81. The average molecular weight is 264 g/mol. The Bertz CT molecular complexity index is 489. The van der Waals surface area contributed by atoms with E-state index in [1.54, 1.807) is 0 Å². The quantitative estimate of drug-likeness (QED) is 0.801. The van der Waals surface area contributed by atoms with Crippen LogP contribution in [0.2, 0.25) is 0 Å². The zero-order chi connectivity index (χ0) is 13.1. The molecular formula is C12H12N2O3S. The molecule has 0 aromatic heterocycles. The molecule has 1 aliphatic heterocycles. The largest absolute Gasteiger partial charge is 0.444 e. The Morgan fingerprint density at radius 2 is 2.11 bits per heavy atom. The van der Waals surface area contributed by atoms with E-state index in [2.05, 4.69) is 12.6 Å². The molecule has 1 N–H and O–H groups in total. The van der Waals surface area contributed by atoms with E-state index in [0.29, 0.717) is 0 Å². The molecule has 18 heavy (non-hydrogen) atoms. The van der Waals surface area contributed by atoms with Crippen LogP contribution in [0.1, 0.15) is 12.0 Å². The molecule has 94 valence electrons. The molecule has 0 radical (unpaired) electrons. The van der Waals surface area contributed by atoms with E-state index >= 15 is 0 Å². The van der Waals surface area contributed by atoms with Crippen LogP contribution in [0.5, 0.6) is 0 Å². The molecule has 0 bridgehead atoms. The molecule has 0 spiro atoms. The number of ether oxygens (including phenoxy) is 1. The number of likely N-dealkylation sites (tertiary alicyclic amines) is 1. The molecule has 1 aliphatic rings. The van der Waals surface area contributed by atoms with E-state index in [9.17, 15) is 9.59 Å². The number of carbonyl (C=O) groups is 2. The maximum atomic E-state index is 11.7. The number of thiol groups is 1. The van der Waals surface area contributed by atoms with Crippen molar-refractivity contribution in [3.05, 3.63) is 35.9 Å². The molecule has 0 aliphatic carbocycles. The van der Waals surface area contributed by atoms with E-state index in [1.165, 1.54) is 0 Å². The third-order valence-electron chi connectivity index (χ3n) is 2.56. The van der Waals surface area contributed by atoms with Gasteiger partial charge in [0.05, 0.1) is 5.25 Å². The predicted octanol–water partition coefficient (Wildman–Crippen LogP) is 1.83. The van der Waals surface area contributed by atoms with Gasteiger partial charge in [-0.3, -0.25) is 10.2 Å². The molecule has 5 nitrogen and oxygen atoms in total. The second-order valence-electron chi connectivity index (χ2n) is 3.87. The van der Waals surface area contributed by atoms with Crippen molar-refractivity contribution in [2.45, 2.75) is 18.3 Å². The summed E-state index contributed by atoms with van der Waals surface area (Å²) in [6, 6.07) is 9.14. The average Bonchev–Trinajstić information content (AvgIpc) is 2.62. The lowest BCUT2D eigenvalue weighted by Crippen LogP contribution is -2.36. The van der Waals surface area contributed by atoms with Gasteiger partial charge in [-0.05, 0) is 5.56 Å². The van der Waals surface area contributed by atoms with Gasteiger partial charge in [0.15, 0.2) is 0 Å². The highest BCUT2D eigenvalue weighted by atomic mass is 32.1. The van der Waals surface area contributed by atoms with Crippen molar-refractivity contribution in [3.63, 3.8) is 0 Å². The Morgan fingerprint density at radius 3 is 2.67 bits per heavy atom. The van der Waals surface area contributed by atoms with Crippen LogP contribution in [0, 0.1) is 5.41 Å². The SMILES string of the molecule is N=C1C(S)CC(=O)N1C(=O)OCc1ccccc1. The first-order valence-corrected chi connectivity index (χ1v) is 5.91. The fourth-order valence-corrected chi connectivity index (χ4v) is 1.89. The van der Waals surface area contributed by atoms with Gasteiger partial charge < -0.3 is 4.74 Å². The fourth-order valence-electron chi connectivity index (χ4n) is 1.62. The lowest BCUT2D eigenvalue weighted by Gasteiger charge is -2.14. The zero-order valence-electron chi connectivity index (χ0n) is 9.50. The number of nitrogens with one attached hydrogen (secondary N) is 1. The van der Waals surface area contributed by atoms with E-state index in [4.69, 9.17) is 10.1 Å². The first-order valence-electron chi connectivity index (χ1n) is 5.39. The Labute approximate surface area is 110 Å². The van der Waals surface area contributed by atoms with Gasteiger partial charge in [0.25, 0.3) is 0 Å². The number of hydrogen-bond donors (Lipinski definition) is 2. The zero-order valence-corrected chi connectivity index (χ0v) is 10.4. The lowest BCUT2D eigenvalue weighted by molar-refractivity contribution is -0.124. The van der Waals surface area contributed by atoms with E-state index in [1.807, 2.05) is 30.3 Å². The van der Waals surface area contributed by atoms with Crippen LogP contribution in [0.15, 0.2) is 30.3 Å². The third-order valence-corrected chi connectivity index (χ3v) is 2.99. The molecule has 1 aromatic rings. The number of hydrogen-bond acceptors (Lipinski definition) is 5. The Hall–Kier alpha value is -1.82. The monoisotopic (exact) mass is 264 g/mol. The van der Waals surface area contributed by atoms with Gasteiger partial charge >= 0.3 is 6.09 Å². The summed E-state index contributed by atoms with van der Waals surface area (Å²) in [7, 11) is 0. The standard InChI is InChI=1S/C12H12N2O3S/c13-11-9(18)6-10(15)14(11)12(16)17-7-8-4-2-1-3-5-8/h1-5,9,13,18H,6-7H2. The van der Waals surface area contributed by atoms with Gasteiger partial charge in [0.2, 0.25) is 5.91 Å². The van der Waals surface area contributed by atoms with Crippen molar-refractivity contribution in [1.82, 2.24) is 4.90 Å². The second-order valence-corrected chi connectivity index (χ2v) is 4.50. The summed E-state index contributed by atoms with van der Waals surface area (Å²) >= 11 is 4.04. The molecule has 2 rings (SSSR count). The van der Waals surface area contributed by atoms with Gasteiger partial charge in [-0.25, -0.2) is 9.69 Å². The number of imide groups is 1. The molecule has 2 amide bonds. The molecule has 6 heteroatoms. The molecule has 1 atom stereocenters. The van der Waals surface area contributed by atoms with Crippen LogP contribution in [0.3, 0.4) is 0 Å². The number of carbonyl (C=O) groups excluding carboxylic acids is 2. The minimum absolute atomic E-state index is 0.0579. The number of amides is 2. The molecule has 1 aromatic carbocycles. The van der Waals surface area contributed by atoms with Crippen molar-refractivity contribution >= 4 is 30.5 Å². The smallest absolute Gasteiger partial charge is 0.422 e. The summed E-state index contributed by atoms with van der Waals surface area (Å²) in [5.74, 6) is -0.570. The normalized spacial score (nSPS) is 19.2. The summed E-state index contributed by atoms with van der Waals surface area (Å²) < 4.78 is 4.99. The first-order chi connectivity index (χ1) is 8.59. The van der Waals surface area contributed by atoms with Crippen molar-refractivity contribution in [1.29, 1.82) is 5.41 Å². The van der Waals surface area contributed by atoms with Gasteiger partial charge in [0.1, 0.15) is 12.4 Å². The lowest BCUT2D eigenvalue weighted by atomic mass is 10.2. The second kappa shape index (κ2) is 5.22. The van der Waals surface area contributed by atoms with Crippen molar-refractivity contribution in [2.24, 2.45) is 0 Å². The summed E-state index contributed by atoms with van der Waals surface area (Å²) in [6.45, 7) is 0.0774. The van der Waals surface area contributed by atoms with Crippen LogP contribution in [-0.2, 0) is 16.1 Å². The van der Waals surface area contributed by atoms with Crippen LogP contribution in [0.4, 0.5) is 4.79 Å². The van der Waals surface area contributed by atoms with Crippen LogP contribution >= 0.6 is 12.6 Å². The number of nitrogens with zero attached hydrogens (tertiary/aromatic N) is 1. The predicted molar refractivity (Wildman–Crippen MR) is 68.6 cm³/mol. The molecule has 0 saturated carbocycles. The third kappa shape index (κ3) is 2.53. The Kier molecular flexibility index (Phi) is 3.66. The first kappa shape index (κ1) is 12.6. The fraction of sp³-hybridized carbons (Fsp3) is 0.250. The van der Waals surface area contributed by atoms with Crippen molar-refractivity contribution in [2.75, 3.05) is 0 Å². The van der Waals surface area contributed by atoms with Crippen LogP contribution in [-0.4, -0.2) is 28.0 Å². The molecule has 1 fully saturated rings. The van der Waals surface area contributed by atoms with Gasteiger partial charge in [-0.2, -0.15) is 12.6 Å². The Morgan fingerprint density at radius 1 is 1.44 bits per heavy atom. The summed E-state index contributed by atoms with van der Waals surface area (Å²) in [4.78, 5) is 23.9. The van der Waals surface area contributed by atoms with Crippen LogP contribution in [0.25, 0.3) is 0 Å². The number of benzene rings is 1. The highest BCUT2D eigenvalue weighted by Crippen LogP contribution is 2.19. The summed E-state index contributed by atoms with van der Waals surface area (Å²) in [5, 5.41) is 7.06. The Balaban J connectivity index is 1.97. The minimum Gasteiger partial charge on any atom is -0.444 e. The van der Waals surface area contributed by atoms with Gasteiger partial charge in [-0.1, -0.05) is 30.3 Å². The highest BCUT2D eigenvalue weighted by Gasteiger charge is 2.38. The van der Waals surface area contributed by atoms with Crippen LogP contribution < -0.4 is 0 Å². The minimum atomic E-state index is -0.814. The number of rotatable bonds is 2. The topological polar surface area (TPSA) is 70.5 Å². The molecule has 1 unspecified atom stereocenters. The van der Waals surface area contributed by atoms with Gasteiger partial charge in [0, 0.05) is 6.42 Å². The maximum absolute atomic E-state index is 11.7. The summed E-state index contributed by atoms with van der Waals surface area (Å²) in [5.41, 5.74) is 0.825. The molecule has 1 heterocycles. The van der Waals surface area contributed by atoms with E-state index in [-0.39, 0.29) is 18.9 Å². The molecular weight excluding hydrogens is 252 g/mol. The number of amidine groups is 1. The van der Waals surface area contributed by atoms with E-state index in [0.717, 1.165) is 10.5 Å². The van der Waals surface area contributed by atoms with Gasteiger partial charge in [-0.15, -0.1) is 0 Å². The molecule has 1 saturated heterocycles. The van der Waals surface area contributed by atoms with Crippen molar-refractivity contribution in [3.8, 4) is 0 Å². The maximum Gasteiger partial charge on any atom is 0.422 e. The summed E-state index contributed by atoms with van der Waals surface area (Å²) in [6.07, 6.45) is -0.757. The van der Waals surface area contributed by atoms with E-state index < -0.39 is 17.3 Å².